The zero-order valence-electron chi connectivity index (χ0n) is 10.9. The number of nitrogens with zero attached hydrogens (tertiary/aromatic N) is 4. The molecule has 0 spiro atoms. The average Bonchev–Trinajstić information content (AvgIpc) is 2.73. The summed E-state index contributed by atoms with van der Waals surface area (Å²) in [5, 5.41) is 7.64. The monoisotopic (exact) mass is 233 g/mol. The number of aryl methyl sites for hydroxylation is 4. The van der Waals surface area contributed by atoms with Crippen LogP contribution >= 0.6 is 0 Å². The highest BCUT2D eigenvalue weighted by Gasteiger charge is 2.08. The summed E-state index contributed by atoms with van der Waals surface area (Å²) in [4.78, 5) is 4.49. The highest BCUT2D eigenvalue weighted by molar-refractivity contribution is 5.55. The lowest BCUT2D eigenvalue weighted by molar-refractivity contribution is 0.686. The SMILES string of the molecule is CCCn1cc(C)nc1Nc1cn(C)nc1C. The predicted octanol–water partition coefficient (Wildman–Crippen LogP) is 2.39. The second-order valence-corrected chi connectivity index (χ2v) is 4.33. The lowest BCUT2D eigenvalue weighted by Gasteiger charge is -2.07. The summed E-state index contributed by atoms with van der Waals surface area (Å²) in [5.74, 6) is 0.889. The van der Waals surface area contributed by atoms with Crippen LogP contribution in [0.15, 0.2) is 12.4 Å². The third kappa shape index (κ3) is 2.49. The van der Waals surface area contributed by atoms with E-state index in [0.717, 1.165) is 36.0 Å². The molecule has 0 bridgehead atoms. The van der Waals surface area contributed by atoms with E-state index in [0.29, 0.717) is 0 Å². The number of hydrogen-bond acceptors (Lipinski definition) is 3. The van der Waals surface area contributed by atoms with Gasteiger partial charge in [0, 0.05) is 26.0 Å². The summed E-state index contributed by atoms with van der Waals surface area (Å²) in [6.45, 7) is 7.13. The Morgan fingerprint density at radius 2 is 2.06 bits per heavy atom. The molecule has 2 rings (SSSR count). The molecule has 0 aliphatic rings. The molecule has 2 aromatic heterocycles. The van der Waals surface area contributed by atoms with Crippen LogP contribution in [0, 0.1) is 13.8 Å². The van der Waals surface area contributed by atoms with Crippen molar-refractivity contribution < 1.29 is 0 Å². The third-order valence-corrected chi connectivity index (χ3v) is 2.62. The van der Waals surface area contributed by atoms with Gasteiger partial charge in [0.1, 0.15) is 0 Å². The predicted molar refractivity (Wildman–Crippen MR) is 68.5 cm³/mol. The normalized spacial score (nSPS) is 10.8. The van der Waals surface area contributed by atoms with E-state index in [1.807, 2.05) is 27.1 Å². The molecular formula is C12H19N5. The number of nitrogens with one attached hydrogen (secondary N) is 1. The number of imidazole rings is 1. The Hall–Kier alpha value is -1.78. The van der Waals surface area contributed by atoms with Gasteiger partial charge in [-0.05, 0) is 20.3 Å². The zero-order valence-corrected chi connectivity index (χ0v) is 10.9. The van der Waals surface area contributed by atoms with Gasteiger partial charge in [0.2, 0.25) is 5.95 Å². The first-order valence-corrected chi connectivity index (χ1v) is 5.91. The van der Waals surface area contributed by atoms with E-state index in [2.05, 4.69) is 33.1 Å². The van der Waals surface area contributed by atoms with Gasteiger partial charge in [0.05, 0.1) is 17.1 Å². The average molecular weight is 233 g/mol. The van der Waals surface area contributed by atoms with Crippen molar-refractivity contribution in [1.29, 1.82) is 0 Å². The molecule has 0 saturated carbocycles. The van der Waals surface area contributed by atoms with Gasteiger partial charge in [-0.1, -0.05) is 6.92 Å². The van der Waals surface area contributed by atoms with Crippen molar-refractivity contribution in [2.45, 2.75) is 33.7 Å². The summed E-state index contributed by atoms with van der Waals surface area (Å²) in [7, 11) is 1.92. The standard InChI is InChI=1S/C12H19N5/c1-5-6-17-7-9(2)13-12(17)14-11-8-16(4)15-10(11)3/h7-8H,5-6H2,1-4H3,(H,13,14). The summed E-state index contributed by atoms with van der Waals surface area (Å²) in [6.07, 6.45) is 5.13. The molecule has 2 heterocycles. The van der Waals surface area contributed by atoms with Gasteiger partial charge in [-0.15, -0.1) is 0 Å². The van der Waals surface area contributed by atoms with Gasteiger partial charge in [0.25, 0.3) is 0 Å². The molecule has 0 aliphatic carbocycles. The quantitative estimate of drug-likeness (QED) is 0.882. The van der Waals surface area contributed by atoms with E-state index in [1.54, 1.807) is 4.68 Å². The van der Waals surface area contributed by atoms with Gasteiger partial charge in [0.15, 0.2) is 0 Å². The molecular weight excluding hydrogens is 214 g/mol. The Bertz CT molecular complexity index is 509. The van der Waals surface area contributed by atoms with Crippen LogP contribution in [0.25, 0.3) is 0 Å². The van der Waals surface area contributed by atoms with Gasteiger partial charge < -0.3 is 9.88 Å². The van der Waals surface area contributed by atoms with Crippen LogP contribution in [-0.4, -0.2) is 19.3 Å². The third-order valence-electron chi connectivity index (χ3n) is 2.62. The zero-order chi connectivity index (χ0) is 12.4. The van der Waals surface area contributed by atoms with E-state index in [9.17, 15) is 0 Å². The highest BCUT2D eigenvalue weighted by Crippen LogP contribution is 2.19. The first kappa shape index (κ1) is 11.7. The molecule has 0 unspecified atom stereocenters. The maximum absolute atomic E-state index is 4.49. The number of hydrogen-bond donors (Lipinski definition) is 1. The van der Waals surface area contributed by atoms with Crippen LogP contribution in [0.3, 0.4) is 0 Å². The second kappa shape index (κ2) is 4.61. The molecule has 0 atom stereocenters. The minimum Gasteiger partial charge on any atom is -0.323 e. The molecule has 0 amide bonds. The summed E-state index contributed by atoms with van der Waals surface area (Å²) in [5.41, 5.74) is 3.02. The molecule has 0 radical (unpaired) electrons. The van der Waals surface area contributed by atoms with E-state index < -0.39 is 0 Å². The maximum Gasteiger partial charge on any atom is 0.207 e. The molecule has 0 aliphatic heterocycles. The molecule has 17 heavy (non-hydrogen) atoms. The topological polar surface area (TPSA) is 47.7 Å². The Morgan fingerprint density at radius 3 is 2.65 bits per heavy atom. The minimum atomic E-state index is 0.889. The summed E-state index contributed by atoms with van der Waals surface area (Å²) >= 11 is 0. The number of aromatic nitrogens is 4. The maximum atomic E-state index is 4.49. The van der Waals surface area contributed by atoms with Crippen LogP contribution in [0.4, 0.5) is 11.6 Å². The molecule has 0 fully saturated rings. The molecule has 5 heteroatoms. The Kier molecular flexibility index (Phi) is 3.17. The van der Waals surface area contributed by atoms with Gasteiger partial charge >= 0.3 is 0 Å². The number of rotatable bonds is 4. The van der Waals surface area contributed by atoms with Crippen molar-refractivity contribution in [2.75, 3.05) is 5.32 Å². The fourth-order valence-corrected chi connectivity index (χ4v) is 1.90. The van der Waals surface area contributed by atoms with Crippen molar-refractivity contribution in [3.05, 3.63) is 23.8 Å². The molecule has 1 N–H and O–H groups in total. The minimum absolute atomic E-state index is 0.889. The van der Waals surface area contributed by atoms with Crippen LogP contribution in [0.5, 0.6) is 0 Å². The highest BCUT2D eigenvalue weighted by atomic mass is 15.3. The van der Waals surface area contributed by atoms with Gasteiger partial charge in [-0.3, -0.25) is 4.68 Å². The van der Waals surface area contributed by atoms with Crippen LogP contribution < -0.4 is 5.32 Å². The van der Waals surface area contributed by atoms with E-state index in [4.69, 9.17) is 0 Å². The Morgan fingerprint density at radius 1 is 1.29 bits per heavy atom. The number of anilines is 2. The van der Waals surface area contributed by atoms with Gasteiger partial charge in [-0.25, -0.2) is 4.98 Å². The summed E-state index contributed by atoms with van der Waals surface area (Å²) < 4.78 is 3.94. The van der Waals surface area contributed by atoms with Gasteiger partial charge in [-0.2, -0.15) is 5.10 Å². The van der Waals surface area contributed by atoms with Crippen molar-refractivity contribution in [3.63, 3.8) is 0 Å². The fourth-order valence-electron chi connectivity index (χ4n) is 1.90. The molecule has 0 saturated heterocycles. The summed E-state index contributed by atoms with van der Waals surface area (Å²) in [6, 6.07) is 0. The molecule has 2 aromatic rings. The largest absolute Gasteiger partial charge is 0.323 e. The molecule has 92 valence electrons. The van der Waals surface area contributed by atoms with Crippen molar-refractivity contribution in [2.24, 2.45) is 7.05 Å². The fraction of sp³-hybridized carbons (Fsp3) is 0.500. The van der Waals surface area contributed by atoms with Crippen molar-refractivity contribution in [3.8, 4) is 0 Å². The van der Waals surface area contributed by atoms with Crippen LogP contribution in [0.1, 0.15) is 24.7 Å². The smallest absolute Gasteiger partial charge is 0.207 e. The van der Waals surface area contributed by atoms with Crippen LogP contribution in [0.2, 0.25) is 0 Å². The second-order valence-electron chi connectivity index (χ2n) is 4.33. The first-order valence-electron chi connectivity index (χ1n) is 5.91. The van der Waals surface area contributed by atoms with Crippen molar-refractivity contribution in [1.82, 2.24) is 19.3 Å². The van der Waals surface area contributed by atoms with Crippen molar-refractivity contribution >= 4 is 11.6 Å². The van der Waals surface area contributed by atoms with E-state index in [1.165, 1.54) is 0 Å². The van der Waals surface area contributed by atoms with Crippen LogP contribution in [-0.2, 0) is 13.6 Å². The molecule has 5 nitrogen and oxygen atoms in total. The Labute approximate surface area is 101 Å². The van der Waals surface area contributed by atoms with E-state index >= 15 is 0 Å². The van der Waals surface area contributed by atoms with E-state index in [-0.39, 0.29) is 0 Å². The molecule has 0 aromatic carbocycles. The Balaban J connectivity index is 2.26. The first-order chi connectivity index (χ1) is 8.10. The lowest BCUT2D eigenvalue weighted by Crippen LogP contribution is -2.02. The lowest BCUT2D eigenvalue weighted by atomic mass is 10.4.